The molecule has 1 atom stereocenters. The average Bonchev–Trinajstić information content (AvgIpc) is 2.50. The monoisotopic (exact) mass is 440 g/mol. The molecular weight excluding hydrogens is 424 g/mol. The Bertz CT molecular complexity index is 790. The Kier molecular flexibility index (Phi) is 6.81. The van der Waals surface area contributed by atoms with Gasteiger partial charge in [0.1, 0.15) is 0 Å². The number of halogens is 2. The molecule has 0 saturated carbocycles. The zero-order valence-electron chi connectivity index (χ0n) is 13.8. The summed E-state index contributed by atoms with van der Waals surface area (Å²) in [6.45, 7) is 3.96. The molecule has 2 rings (SSSR count). The van der Waals surface area contributed by atoms with E-state index in [1.165, 1.54) is 0 Å². The van der Waals surface area contributed by atoms with Gasteiger partial charge in [-0.15, -0.1) is 0 Å². The van der Waals surface area contributed by atoms with Gasteiger partial charge in [-0.2, -0.15) is 0 Å². The van der Waals surface area contributed by atoms with Gasteiger partial charge >= 0.3 is 5.97 Å². The summed E-state index contributed by atoms with van der Waals surface area (Å²) < 4.78 is 0.995. The van der Waals surface area contributed by atoms with Crippen LogP contribution in [-0.4, -0.2) is 16.2 Å². The summed E-state index contributed by atoms with van der Waals surface area (Å²) in [7, 11) is 0. The van der Waals surface area contributed by atoms with Gasteiger partial charge in [-0.05, 0) is 67.0 Å². The topological polar surface area (TPSA) is 61.4 Å². The minimum Gasteiger partial charge on any atom is -0.481 e. The molecule has 0 fully saturated rings. The maximum absolute atomic E-state index is 11.2. The van der Waals surface area contributed by atoms with Gasteiger partial charge in [0.25, 0.3) is 0 Å². The Labute approximate surface area is 165 Å². The zero-order chi connectivity index (χ0) is 18.6. The lowest BCUT2D eigenvalue weighted by Crippen LogP contribution is -2.34. The lowest BCUT2D eigenvalue weighted by molar-refractivity contribution is -0.137. The van der Waals surface area contributed by atoms with Crippen LogP contribution in [0, 0.1) is 13.8 Å². The maximum Gasteiger partial charge on any atom is 0.305 e. The molecule has 0 bridgehead atoms. The van der Waals surface area contributed by atoms with Crippen molar-refractivity contribution in [2.45, 2.75) is 26.3 Å². The third-order valence-corrected chi connectivity index (χ3v) is 4.58. The molecule has 0 aliphatic carbocycles. The Hall–Kier alpha value is -1.63. The van der Waals surface area contributed by atoms with E-state index in [0.717, 1.165) is 26.9 Å². The van der Waals surface area contributed by atoms with Gasteiger partial charge in [-0.3, -0.25) is 4.79 Å². The molecule has 2 aromatic rings. The smallest absolute Gasteiger partial charge is 0.305 e. The zero-order valence-corrected chi connectivity index (χ0v) is 16.9. The number of carboxylic acid groups (broad SMARTS) is 1. The van der Waals surface area contributed by atoms with E-state index in [9.17, 15) is 9.90 Å². The number of hydrogen-bond donors (Lipinski definition) is 3. The lowest BCUT2D eigenvalue weighted by atomic mass is 10.0. The van der Waals surface area contributed by atoms with E-state index in [1.54, 1.807) is 18.2 Å². The van der Waals surface area contributed by atoms with Gasteiger partial charge in [0, 0.05) is 15.2 Å². The normalized spacial score (nSPS) is 11.7. The van der Waals surface area contributed by atoms with E-state index in [4.69, 9.17) is 23.8 Å². The van der Waals surface area contributed by atoms with Crippen molar-refractivity contribution in [1.82, 2.24) is 5.32 Å². The molecular formula is C18H18BrClN2O2S. The van der Waals surface area contributed by atoms with E-state index in [2.05, 4.69) is 26.6 Å². The number of aliphatic carboxylic acids is 1. The van der Waals surface area contributed by atoms with Crippen molar-refractivity contribution in [2.24, 2.45) is 0 Å². The summed E-state index contributed by atoms with van der Waals surface area (Å²) in [5.74, 6) is -0.920. The molecule has 4 nitrogen and oxygen atoms in total. The predicted octanol–water partition coefficient (Wildman–Crippen LogP) is 5.22. The predicted molar refractivity (Wildman–Crippen MR) is 109 cm³/mol. The van der Waals surface area contributed by atoms with Gasteiger partial charge < -0.3 is 15.7 Å². The van der Waals surface area contributed by atoms with Crippen molar-refractivity contribution in [3.63, 3.8) is 0 Å². The van der Waals surface area contributed by atoms with E-state index in [1.807, 2.05) is 32.0 Å². The number of hydrogen-bond acceptors (Lipinski definition) is 2. The van der Waals surface area contributed by atoms with Crippen LogP contribution in [0.25, 0.3) is 0 Å². The van der Waals surface area contributed by atoms with Crippen molar-refractivity contribution in [1.29, 1.82) is 0 Å². The molecule has 0 amide bonds. The highest BCUT2D eigenvalue weighted by Gasteiger charge is 2.17. The molecule has 7 heteroatoms. The number of carboxylic acids is 1. The van der Waals surface area contributed by atoms with Crippen LogP contribution in [0.2, 0.25) is 5.02 Å². The van der Waals surface area contributed by atoms with Crippen LogP contribution in [0.5, 0.6) is 0 Å². The quantitative estimate of drug-likeness (QED) is 0.555. The molecule has 0 radical (unpaired) electrons. The van der Waals surface area contributed by atoms with E-state index >= 15 is 0 Å². The molecule has 2 aromatic carbocycles. The molecule has 3 N–H and O–H groups in total. The minimum atomic E-state index is -0.920. The molecule has 1 unspecified atom stereocenters. The van der Waals surface area contributed by atoms with Crippen LogP contribution in [0.1, 0.15) is 29.2 Å². The number of anilines is 1. The molecule has 0 heterocycles. The summed E-state index contributed by atoms with van der Waals surface area (Å²) in [4.78, 5) is 11.2. The number of benzene rings is 2. The third kappa shape index (κ3) is 5.70. The summed E-state index contributed by atoms with van der Waals surface area (Å²) in [6.07, 6.45) is -0.111. The molecule has 25 heavy (non-hydrogen) atoms. The van der Waals surface area contributed by atoms with Crippen molar-refractivity contribution in [3.05, 3.63) is 62.6 Å². The number of rotatable bonds is 5. The molecule has 132 valence electrons. The van der Waals surface area contributed by atoms with E-state index in [-0.39, 0.29) is 6.42 Å². The van der Waals surface area contributed by atoms with Crippen LogP contribution >= 0.6 is 39.7 Å². The first-order valence-corrected chi connectivity index (χ1v) is 9.15. The third-order valence-electron chi connectivity index (χ3n) is 3.67. The molecule has 0 spiro atoms. The second-order valence-electron chi connectivity index (χ2n) is 5.72. The fraction of sp³-hybridized carbons (Fsp3) is 0.222. The number of carbonyl (C=O) groups is 1. The Morgan fingerprint density at radius 2 is 1.92 bits per heavy atom. The second-order valence-corrected chi connectivity index (χ2v) is 7.48. The maximum atomic E-state index is 11.2. The van der Waals surface area contributed by atoms with Crippen LogP contribution in [0.3, 0.4) is 0 Å². The highest BCUT2D eigenvalue weighted by atomic mass is 79.9. The minimum absolute atomic E-state index is 0.111. The van der Waals surface area contributed by atoms with E-state index in [0.29, 0.717) is 10.1 Å². The fourth-order valence-corrected chi connectivity index (χ4v) is 3.70. The van der Waals surface area contributed by atoms with Crippen LogP contribution in [0.15, 0.2) is 40.9 Å². The molecule has 0 saturated heterocycles. The van der Waals surface area contributed by atoms with Crippen molar-refractivity contribution in [2.75, 3.05) is 5.32 Å². The Morgan fingerprint density at radius 3 is 2.48 bits per heavy atom. The van der Waals surface area contributed by atoms with Crippen LogP contribution < -0.4 is 10.6 Å². The average molecular weight is 442 g/mol. The van der Waals surface area contributed by atoms with Crippen molar-refractivity contribution in [3.8, 4) is 0 Å². The lowest BCUT2D eigenvalue weighted by Gasteiger charge is -2.21. The molecule has 0 aliphatic rings. The Morgan fingerprint density at radius 1 is 1.28 bits per heavy atom. The summed E-state index contributed by atoms with van der Waals surface area (Å²) in [6, 6.07) is 10.6. The highest BCUT2D eigenvalue weighted by molar-refractivity contribution is 9.10. The van der Waals surface area contributed by atoms with Gasteiger partial charge in [0.05, 0.1) is 12.5 Å². The van der Waals surface area contributed by atoms with Crippen molar-refractivity contribution >= 4 is 56.5 Å². The standard InChI is InChI=1S/C18H18BrClN2O2S/c1-10-6-13(19)7-11(2)17(10)22-18(25)21-15(9-16(23)24)12-4-3-5-14(20)8-12/h3-8,15H,9H2,1-2H3,(H,23,24)(H2,21,22,25). The summed E-state index contributed by atoms with van der Waals surface area (Å²) in [5, 5.41) is 16.4. The first kappa shape index (κ1) is 19.7. The second kappa shape index (κ2) is 8.65. The van der Waals surface area contributed by atoms with Crippen LogP contribution in [0.4, 0.5) is 5.69 Å². The fourth-order valence-electron chi connectivity index (χ4n) is 2.57. The van der Waals surface area contributed by atoms with Gasteiger partial charge in [0.2, 0.25) is 0 Å². The number of thiocarbonyl (C=S) groups is 1. The summed E-state index contributed by atoms with van der Waals surface area (Å²) >= 11 is 14.9. The number of aryl methyl sites for hydroxylation is 2. The highest BCUT2D eigenvalue weighted by Crippen LogP contribution is 2.26. The molecule has 0 aromatic heterocycles. The first-order valence-electron chi connectivity index (χ1n) is 7.58. The van der Waals surface area contributed by atoms with Gasteiger partial charge in [0.15, 0.2) is 5.11 Å². The van der Waals surface area contributed by atoms with Crippen molar-refractivity contribution < 1.29 is 9.90 Å². The number of nitrogens with one attached hydrogen (secondary N) is 2. The Balaban J connectivity index is 2.19. The molecule has 0 aliphatic heterocycles. The van der Waals surface area contributed by atoms with Gasteiger partial charge in [-0.25, -0.2) is 0 Å². The largest absolute Gasteiger partial charge is 0.481 e. The first-order chi connectivity index (χ1) is 11.8. The van der Waals surface area contributed by atoms with Crippen LogP contribution in [-0.2, 0) is 4.79 Å². The van der Waals surface area contributed by atoms with Gasteiger partial charge in [-0.1, -0.05) is 39.7 Å². The summed E-state index contributed by atoms with van der Waals surface area (Å²) in [5.41, 5.74) is 3.74. The SMILES string of the molecule is Cc1cc(Br)cc(C)c1NC(=S)NC(CC(=O)O)c1cccc(Cl)c1. The van der Waals surface area contributed by atoms with E-state index < -0.39 is 12.0 Å².